The number of hydrogen-bond acceptors (Lipinski definition) is 3. The van der Waals surface area contributed by atoms with Crippen LogP contribution in [-0.2, 0) is 0 Å². The molecule has 0 spiro atoms. The fourth-order valence-corrected chi connectivity index (χ4v) is 1.30. The first kappa shape index (κ1) is 12.1. The van der Waals surface area contributed by atoms with Crippen LogP contribution in [-0.4, -0.2) is 22.1 Å². The highest BCUT2D eigenvalue weighted by Crippen LogP contribution is 2.15. The molecule has 1 aromatic rings. The van der Waals surface area contributed by atoms with E-state index in [0.717, 1.165) is 5.69 Å². The molecule has 4 nitrogen and oxygen atoms in total. The van der Waals surface area contributed by atoms with Gasteiger partial charge in [-0.2, -0.15) is 0 Å². The van der Waals surface area contributed by atoms with Crippen LogP contribution in [0.5, 0.6) is 0 Å². The Labute approximate surface area is 94.7 Å². The van der Waals surface area contributed by atoms with Gasteiger partial charge in [-0.05, 0) is 26.0 Å². The average Bonchev–Trinajstić information content (AvgIpc) is 2.17. The van der Waals surface area contributed by atoms with Crippen LogP contribution in [0.2, 0.25) is 0 Å². The van der Waals surface area contributed by atoms with Crippen LogP contribution in [0.25, 0.3) is 0 Å². The van der Waals surface area contributed by atoms with Gasteiger partial charge in [-0.25, -0.2) is 9.78 Å². The van der Waals surface area contributed by atoms with Crippen molar-refractivity contribution in [1.82, 2.24) is 4.98 Å². The summed E-state index contributed by atoms with van der Waals surface area (Å²) in [5.74, 6) is 1.89. The van der Waals surface area contributed by atoms with E-state index < -0.39 is 5.97 Å². The molecule has 1 rings (SSSR count). The van der Waals surface area contributed by atoms with Gasteiger partial charge < -0.3 is 10.4 Å². The van der Waals surface area contributed by atoms with Crippen LogP contribution in [0.1, 0.15) is 29.4 Å². The molecule has 84 valence electrons. The lowest BCUT2D eigenvalue weighted by atomic mass is 10.2. The highest BCUT2D eigenvalue weighted by molar-refractivity contribution is 5.93. The molecule has 0 fully saturated rings. The largest absolute Gasteiger partial charge is 0.478 e. The summed E-state index contributed by atoms with van der Waals surface area (Å²) >= 11 is 0. The molecule has 4 heteroatoms. The second kappa shape index (κ2) is 5.17. The minimum absolute atomic E-state index is 0.00241. The SMILES string of the molecule is C#CCC(C)Nc1nc(C)ccc1C(=O)O. The third-order valence-corrected chi connectivity index (χ3v) is 2.07. The van der Waals surface area contributed by atoms with Gasteiger partial charge in [-0.15, -0.1) is 12.3 Å². The molecule has 1 aromatic heterocycles. The maximum absolute atomic E-state index is 11.0. The van der Waals surface area contributed by atoms with Crippen molar-refractivity contribution in [1.29, 1.82) is 0 Å². The highest BCUT2D eigenvalue weighted by Gasteiger charge is 2.13. The summed E-state index contributed by atoms with van der Waals surface area (Å²) in [7, 11) is 0. The Morgan fingerprint density at radius 2 is 2.38 bits per heavy atom. The number of anilines is 1. The molecule has 0 aliphatic carbocycles. The molecular weight excluding hydrogens is 204 g/mol. The zero-order chi connectivity index (χ0) is 12.1. The van der Waals surface area contributed by atoms with Gasteiger partial charge in [0, 0.05) is 18.2 Å². The summed E-state index contributed by atoms with van der Waals surface area (Å²) in [5, 5.41) is 12.0. The zero-order valence-corrected chi connectivity index (χ0v) is 9.32. The Bertz CT molecular complexity index is 435. The second-order valence-corrected chi connectivity index (χ2v) is 3.61. The van der Waals surface area contributed by atoms with Gasteiger partial charge in [0.2, 0.25) is 0 Å². The second-order valence-electron chi connectivity index (χ2n) is 3.61. The normalized spacial score (nSPS) is 11.6. The predicted molar refractivity (Wildman–Crippen MR) is 62.5 cm³/mol. The maximum atomic E-state index is 11.0. The smallest absolute Gasteiger partial charge is 0.339 e. The van der Waals surface area contributed by atoms with E-state index in [4.69, 9.17) is 11.5 Å². The average molecular weight is 218 g/mol. The van der Waals surface area contributed by atoms with Crippen LogP contribution >= 0.6 is 0 Å². The van der Waals surface area contributed by atoms with Crippen molar-refractivity contribution in [2.45, 2.75) is 26.3 Å². The van der Waals surface area contributed by atoms with Crippen molar-refractivity contribution in [3.8, 4) is 12.3 Å². The van der Waals surface area contributed by atoms with E-state index in [0.29, 0.717) is 12.2 Å². The molecule has 2 N–H and O–H groups in total. The molecule has 0 saturated heterocycles. The third-order valence-electron chi connectivity index (χ3n) is 2.07. The summed E-state index contributed by atoms with van der Waals surface area (Å²) in [4.78, 5) is 15.1. The molecule has 1 atom stereocenters. The number of aromatic nitrogens is 1. The lowest BCUT2D eigenvalue weighted by Gasteiger charge is -2.14. The van der Waals surface area contributed by atoms with Crippen LogP contribution in [0, 0.1) is 19.3 Å². The topological polar surface area (TPSA) is 62.2 Å². The molecule has 0 bridgehead atoms. The molecule has 0 saturated carbocycles. The van der Waals surface area contributed by atoms with Gasteiger partial charge in [0.05, 0.1) is 0 Å². The van der Waals surface area contributed by atoms with Crippen molar-refractivity contribution < 1.29 is 9.90 Å². The molecule has 1 unspecified atom stereocenters. The van der Waals surface area contributed by atoms with E-state index >= 15 is 0 Å². The van der Waals surface area contributed by atoms with Gasteiger partial charge in [-0.3, -0.25) is 0 Å². The van der Waals surface area contributed by atoms with E-state index in [2.05, 4.69) is 16.2 Å². The monoisotopic (exact) mass is 218 g/mol. The number of hydrogen-bond donors (Lipinski definition) is 2. The van der Waals surface area contributed by atoms with E-state index in [1.165, 1.54) is 6.07 Å². The van der Waals surface area contributed by atoms with Crippen LogP contribution in [0.3, 0.4) is 0 Å². The zero-order valence-electron chi connectivity index (χ0n) is 9.32. The Balaban J connectivity index is 2.97. The quantitative estimate of drug-likeness (QED) is 0.758. The van der Waals surface area contributed by atoms with Gasteiger partial charge in [-0.1, -0.05) is 0 Å². The number of aromatic carboxylic acids is 1. The summed E-state index contributed by atoms with van der Waals surface area (Å²) in [6, 6.07) is 3.20. The first-order valence-electron chi connectivity index (χ1n) is 4.95. The number of carboxylic acid groups (broad SMARTS) is 1. The Hall–Kier alpha value is -2.02. The molecular formula is C12H14N2O2. The minimum Gasteiger partial charge on any atom is -0.478 e. The van der Waals surface area contributed by atoms with Gasteiger partial charge in [0.1, 0.15) is 11.4 Å². The predicted octanol–water partition coefficient (Wildman–Crippen LogP) is 1.91. The highest BCUT2D eigenvalue weighted by atomic mass is 16.4. The Kier molecular flexibility index (Phi) is 3.90. The van der Waals surface area contributed by atoms with Crippen molar-refractivity contribution >= 4 is 11.8 Å². The minimum atomic E-state index is -0.997. The summed E-state index contributed by atoms with van der Waals surface area (Å²) in [5.41, 5.74) is 0.926. The van der Waals surface area contributed by atoms with E-state index in [1.54, 1.807) is 6.07 Å². The van der Waals surface area contributed by atoms with Gasteiger partial charge in [0.15, 0.2) is 0 Å². The summed E-state index contributed by atoms with van der Waals surface area (Å²) in [6.07, 6.45) is 5.71. The third kappa shape index (κ3) is 2.99. The summed E-state index contributed by atoms with van der Waals surface area (Å²) in [6.45, 7) is 3.69. The molecule has 16 heavy (non-hydrogen) atoms. The van der Waals surface area contributed by atoms with Crippen molar-refractivity contribution in [3.63, 3.8) is 0 Å². The van der Waals surface area contributed by atoms with Gasteiger partial charge >= 0.3 is 5.97 Å². The molecule has 0 aromatic carbocycles. The lowest BCUT2D eigenvalue weighted by molar-refractivity contribution is 0.0697. The van der Waals surface area contributed by atoms with Crippen LogP contribution in [0.4, 0.5) is 5.82 Å². The van der Waals surface area contributed by atoms with E-state index in [9.17, 15) is 4.79 Å². The molecule has 0 aliphatic rings. The Morgan fingerprint density at radius 3 is 2.94 bits per heavy atom. The number of aryl methyl sites for hydroxylation is 1. The van der Waals surface area contributed by atoms with Crippen LogP contribution < -0.4 is 5.32 Å². The fourth-order valence-electron chi connectivity index (χ4n) is 1.30. The first-order valence-corrected chi connectivity index (χ1v) is 4.95. The lowest BCUT2D eigenvalue weighted by Crippen LogP contribution is -2.18. The number of carboxylic acids is 1. The van der Waals surface area contributed by atoms with Crippen molar-refractivity contribution in [2.75, 3.05) is 5.32 Å². The number of pyridine rings is 1. The van der Waals surface area contributed by atoms with Crippen molar-refractivity contribution in [3.05, 3.63) is 23.4 Å². The standard InChI is InChI=1S/C12H14N2O2/c1-4-5-8(2)13-11-10(12(15)16)7-6-9(3)14-11/h1,6-8H,5H2,2-3H3,(H,13,14)(H,15,16). The maximum Gasteiger partial charge on any atom is 0.339 e. The molecule has 1 heterocycles. The molecule has 0 radical (unpaired) electrons. The summed E-state index contributed by atoms with van der Waals surface area (Å²) < 4.78 is 0. The van der Waals surface area contributed by atoms with Crippen molar-refractivity contribution in [2.24, 2.45) is 0 Å². The van der Waals surface area contributed by atoms with E-state index in [-0.39, 0.29) is 11.6 Å². The number of carbonyl (C=O) groups is 1. The number of rotatable bonds is 4. The fraction of sp³-hybridized carbons (Fsp3) is 0.333. The molecule has 0 amide bonds. The number of nitrogens with one attached hydrogen (secondary N) is 1. The number of terminal acetylenes is 1. The number of nitrogens with zero attached hydrogens (tertiary/aromatic N) is 1. The Morgan fingerprint density at radius 1 is 1.69 bits per heavy atom. The first-order chi connectivity index (χ1) is 7.54. The van der Waals surface area contributed by atoms with E-state index in [1.807, 2.05) is 13.8 Å². The van der Waals surface area contributed by atoms with Gasteiger partial charge in [0.25, 0.3) is 0 Å². The van der Waals surface area contributed by atoms with Crippen LogP contribution in [0.15, 0.2) is 12.1 Å². The molecule has 0 aliphatic heterocycles.